The molecule has 0 saturated heterocycles. The van der Waals surface area contributed by atoms with Gasteiger partial charge in [-0.15, -0.1) is 0 Å². The van der Waals surface area contributed by atoms with Gasteiger partial charge in [0.05, 0.1) is 0 Å². The van der Waals surface area contributed by atoms with Gasteiger partial charge in [-0.05, 0) is 6.42 Å². The van der Waals surface area contributed by atoms with Crippen LogP contribution >= 0.6 is 0 Å². The molecule has 0 saturated carbocycles. The number of rotatable bonds is 16. The third kappa shape index (κ3) is 25.9. The zero-order valence-electron chi connectivity index (χ0n) is 15.1. The van der Waals surface area contributed by atoms with Gasteiger partial charge in [-0.2, -0.15) is 0 Å². The standard InChI is InChI=1S/C18H36O2.Cd.Zn/c1-2-3-4-5-6-7-8-9-10-11-12-13-14-15-16-17-18(19)20;;/h2-17H2,1H3,(H,19,20);;. The fourth-order valence-electron chi connectivity index (χ4n) is 2.65. The van der Waals surface area contributed by atoms with Crippen molar-refractivity contribution < 1.29 is 56.7 Å². The molecule has 0 radical (unpaired) electrons. The van der Waals surface area contributed by atoms with E-state index in [9.17, 15) is 4.79 Å². The van der Waals surface area contributed by atoms with Gasteiger partial charge in [0.1, 0.15) is 0 Å². The summed E-state index contributed by atoms with van der Waals surface area (Å²) in [5.41, 5.74) is 0. The maximum atomic E-state index is 10.3. The van der Waals surface area contributed by atoms with E-state index < -0.39 is 5.97 Å². The maximum absolute atomic E-state index is 10.3. The number of carbonyl (C=O) groups is 1. The number of hydrogen-bond acceptors (Lipinski definition) is 1. The second kappa shape index (κ2) is 24.3. The van der Waals surface area contributed by atoms with Crippen molar-refractivity contribution in [1.82, 2.24) is 0 Å². The Bertz CT molecular complexity index is 213. The number of aliphatic carboxylic acids is 1. The molecule has 0 spiro atoms. The predicted octanol–water partition coefficient (Wildman–Crippen LogP) is 6.33. The Labute approximate surface area is 171 Å². The minimum absolute atomic E-state index is 0. The van der Waals surface area contributed by atoms with Crippen molar-refractivity contribution in [3.8, 4) is 0 Å². The monoisotopic (exact) mass is 462 g/mol. The molecule has 0 aliphatic carbocycles. The molecule has 0 aliphatic heterocycles. The minimum atomic E-state index is -0.653. The van der Waals surface area contributed by atoms with Gasteiger partial charge in [-0.3, -0.25) is 4.79 Å². The van der Waals surface area contributed by atoms with E-state index in [-0.39, 0.29) is 46.8 Å². The zero-order chi connectivity index (χ0) is 14.9. The molecule has 22 heavy (non-hydrogen) atoms. The predicted molar refractivity (Wildman–Crippen MR) is 87.2 cm³/mol. The zero-order valence-corrected chi connectivity index (χ0v) is 22.1. The fraction of sp³-hybridized carbons (Fsp3) is 0.944. The first-order valence-corrected chi connectivity index (χ1v) is 8.99. The number of carboxylic acid groups (broad SMARTS) is 1. The van der Waals surface area contributed by atoms with Gasteiger partial charge in [0.15, 0.2) is 0 Å². The van der Waals surface area contributed by atoms with Crippen LogP contribution in [-0.4, -0.2) is 11.1 Å². The van der Waals surface area contributed by atoms with E-state index in [1.165, 1.54) is 83.5 Å². The van der Waals surface area contributed by atoms with E-state index in [4.69, 9.17) is 5.11 Å². The number of hydrogen-bond donors (Lipinski definition) is 1. The molecule has 0 fully saturated rings. The summed E-state index contributed by atoms with van der Waals surface area (Å²) in [7, 11) is 0. The average molecular weight is 462 g/mol. The normalized spacial score (nSPS) is 9.86. The summed E-state index contributed by atoms with van der Waals surface area (Å²) in [6, 6.07) is 0. The van der Waals surface area contributed by atoms with Gasteiger partial charge in [-0.1, -0.05) is 96.8 Å². The fourth-order valence-corrected chi connectivity index (χ4v) is 2.65. The number of unbranched alkanes of at least 4 members (excludes halogenated alkanes) is 14. The smallest absolute Gasteiger partial charge is 0.303 e. The van der Waals surface area contributed by atoms with Crippen molar-refractivity contribution in [1.29, 1.82) is 0 Å². The SMILES string of the molecule is CCCCCCCCCCCCCCCCCC(=O)O.[Cd].[Zn]. The van der Waals surface area contributed by atoms with Crippen LogP contribution in [0.15, 0.2) is 0 Å². The summed E-state index contributed by atoms with van der Waals surface area (Å²) >= 11 is 0. The molecule has 4 heteroatoms. The van der Waals surface area contributed by atoms with E-state index >= 15 is 0 Å². The average Bonchev–Trinajstić information content (AvgIpc) is 2.43. The third-order valence-corrected chi connectivity index (χ3v) is 3.99. The van der Waals surface area contributed by atoms with Crippen LogP contribution in [0.4, 0.5) is 0 Å². The maximum Gasteiger partial charge on any atom is 0.303 e. The van der Waals surface area contributed by atoms with E-state index in [1.54, 1.807) is 0 Å². The van der Waals surface area contributed by atoms with Crippen LogP contribution in [0.1, 0.15) is 110 Å². The summed E-state index contributed by atoms with van der Waals surface area (Å²) in [4.78, 5) is 10.3. The van der Waals surface area contributed by atoms with Crippen molar-refractivity contribution in [3.63, 3.8) is 0 Å². The molecule has 0 aliphatic rings. The van der Waals surface area contributed by atoms with Gasteiger partial charge in [-0.25, -0.2) is 0 Å². The summed E-state index contributed by atoms with van der Waals surface area (Å²) in [5, 5.41) is 8.52. The van der Waals surface area contributed by atoms with E-state index in [0.29, 0.717) is 6.42 Å². The molecule has 0 amide bonds. The van der Waals surface area contributed by atoms with Crippen molar-refractivity contribution in [3.05, 3.63) is 0 Å². The minimum Gasteiger partial charge on any atom is -0.481 e. The first-order chi connectivity index (χ1) is 9.77. The quantitative estimate of drug-likeness (QED) is 0.215. The molecule has 0 unspecified atom stereocenters. The molecule has 2 nitrogen and oxygen atoms in total. The second-order valence-corrected chi connectivity index (χ2v) is 6.09. The van der Waals surface area contributed by atoms with E-state index in [1.807, 2.05) is 0 Å². The van der Waals surface area contributed by atoms with Gasteiger partial charge in [0.2, 0.25) is 0 Å². The van der Waals surface area contributed by atoms with Crippen molar-refractivity contribution in [2.45, 2.75) is 110 Å². The molecular formula is C18H36CdO2Zn. The molecule has 0 heterocycles. The van der Waals surface area contributed by atoms with Crippen molar-refractivity contribution in [2.24, 2.45) is 0 Å². The van der Waals surface area contributed by atoms with Crippen molar-refractivity contribution >= 4 is 5.97 Å². The Morgan fingerprint density at radius 3 is 1.18 bits per heavy atom. The molecule has 124 valence electrons. The van der Waals surface area contributed by atoms with Gasteiger partial charge < -0.3 is 5.11 Å². The van der Waals surface area contributed by atoms with Crippen LogP contribution in [-0.2, 0) is 51.6 Å². The van der Waals surface area contributed by atoms with Crippen LogP contribution in [0, 0.1) is 0 Å². The Morgan fingerprint density at radius 1 is 0.636 bits per heavy atom. The summed E-state index contributed by atoms with van der Waals surface area (Å²) in [6.07, 6.45) is 20.2. The molecular weight excluding hydrogens is 426 g/mol. The van der Waals surface area contributed by atoms with E-state index in [2.05, 4.69) is 6.92 Å². The Balaban J connectivity index is -0.00000180. The third-order valence-electron chi connectivity index (χ3n) is 3.99. The Hall–Kier alpha value is 1.02. The molecule has 0 aromatic heterocycles. The van der Waals surface area contributed by atoms with Gasteiger partial charge in [0.25, 0.3) is 0 Å². The summed E-state index contributed by atoms with van der Waals surface area (Å²) in [5.74, 6) is -0.653. The van der Waals surface area contributed by atoms with Crippen LogP contribution in [0.2, 0.25) is 0 Å². The molecule has 0 aromatic carbocycles. The molecule has 1 N–H and O–H groups in total. The van der Waals surface area contributed by atoms with Gasteiger partial charge in [0, 0.05) is 53.2 Å². The molecule has 0 bridgehead atoms. The first-order valence-electron chi connectivity index (χ1n) is 8.99. The Kier molecular flexibility index (Phi) is 30.7. The van der Waals surface area contributed by atoms with Crippen LogP contribution in [0.25, 0.3) is 0 Å². The summed E-state index contributed by atoms with van der Waals surface area (Å²) in [6.45, 7) is 2.27. The molecule has 0 rings (SSSR count). The summed E-state index contributed by atoms with van der Waals surface area (Å²) < 4.78 is 0. The van der Waals surface area contributed by atoms with Crippen LogP contribution < -0.4 is 0 Å². The molecule has 0 aromatic rings. The first kappa shape index (κ1) is 27.8. The largest absolute Gasteiger partial charge is 0.481 e. The van der Waals surface area contributed by atoms with Crippen LogP contribution in [0.3, 0.4) is 0 Å². The second-order valence-electron chi connectivity index (χ2n) is 6.09. The topological polar surface area (TPSA) is 37.3 Å². The Morgan fingerprint density at radius 2 is 0.909 bits per heavy atom. The van der Waals surface area contributed by atoms with Crippen LogP contribution in [0.5, 0.6) is 0 Å². The number of carboxylic acids is 1. The molecule has 0 atom stereocenters. The van der Waals surface area contributed by atoms with E-state index in [0.717, 1.165) is 12.8 Å². The van der Waals surface area contributed by atoms with Crippen molar-refractivity contribution in [2.75, 3.05) is 0 Å². The van der Waals surface area contributed by atoms with Gasteiger partial charge >= 0.3 is 5.97 Å².